The van der Waals surface area contributed by atoms with Crippen molar-refractivity contribution in [3.8, 4) is 0 Å². The Bertz CT molecular complexity index is 618. The molecule has 0 spiro atoms. The van der Waals surface area contributed by atoms with Crippen molar-refractivity contribution in [2.24, 2.45) is 12.8 Å². The second kappa shape index (κ2) is 4.72. The Morgan fingerprint density at radius 2 is 1.95 bits per heavy atom. The zero-order valence-corrected chi connectivity index (χ0v) is 11.0. The number of hydrogen-bond acceptors (Lipinski definition) is 3. The van der Waals surface area contributed by atoms with Gasteiger partial charge < -0.3 is 10.6 Å². The molecule has 2 rings (SSSR count). The number of primary amides is 1. The first-order valence-electron chi connectivity index (χ1n) is 5.74. The minimum absolute atomic E-state index is 0.242. The second-order valence-corrected chi connectivity index (χ2v) is 4.32. The van der Waals surface area contributed by atoms with Crippen molar-refractivity contribution in [2.45, 2.75) is 6.92 Å². The third-order valence-electron chi connectivity index (χ3n) is 3.01. The fourth-order valence-electron chi connectivity index (χ4n) is 2.11. The molecule has 1 heterocycles. The number of aryl methyl sites for hydroxylation is 1. The van der Waals surface area contributed by atoms with E-state index in [9.17, 15) is 9.18 Å². The van der Waals surface area contributed by atoms with Gasteiger partial charge in [0, 0.05) is 25.3 Å². The zero-order valence-electron chi connectivity index (χ0n) is 11.0. The normalized spacial score (nSPS) is 10.5. The molecule has 0 fully saturated rings. The third kappa shape index (κ3) is 2.29. The lowest BCUT2D eigenvalue weighted by Gasteiger charge is -2.20. The van der Waals surface area contributed by atoms with Crippen molar-refractivity contribution in [1.82, 2.24) is 9.78 Å². The van der Waals surface area contributed by atoms with E-state index in [2.05, 4.69) is 5.10 Å². The number of hydrogen-bond donors (Lipinski definition) is 1. The molecule has 2 N–H and O–H groups in total. The summed E-state index contributed by atoms with van der Waals surface area (Å²) >= 11 is 0. The molecule has 0 saturated heterocycles. The number of benzene rings is 1. The van der Waals surface area contributed by atoms with Gasteiger partial charge in [0.1, 0.15) is 11.6 Å². The van der Waals surface area contributed by atoms with Gasteiger partial charge in [0.2, 0.25) is 0 Å². The van der Waals surface area contributed by atoms with Gasteiger partial charge in [-0.2, -0.15) is 5.10 Å². The van der Waals surface area contributed by atoms with Gasteiger partial charge >= 0.3 is 0 Å². The summed E-state index contributed by atoms with van der Waals surface area (Å²) in [6, 6.07) is 6.08. The lowest BCUT2D eigenvalue weighted by molar-refractivity contribution is 0.0994. The highest BCUT2D eigenvalue weighted by Crippen LogP contribution is 2.28. The molecule has 2 aromatic rings. The van der Waals surface area contributed by atoms with Gasteiger partial charge in [-0.05, 0) is 31.2 Å². The van der Waals surface area contributed by atoms with E-state index < -0.39 is 5.91 Å². The number of anilines is 2. The first-order valence-corrected chi connectivity index (χ1v) is 5.74. The summed E-state index contributed by atoms with van der Waals surface area (Å²) in [5.41, 5.74) is 7.01. The summed E-state index contributed by atoms with van der Waals surface area (Å²) in [7, 11) is 3.55. The van der Waals surface area contributed by atoms with Crippen LogP contribution < -0.4 is 10.6 Å². The second-order valence-electron chi connectivity index (χ2n) is 4.32. The molecule has 0 atom stereocenters. The Morgan fingerprint density at radius 1 is 1.37 bits per heavy atom. The van der Waals surface area contributed by atoms with Crippen LogP contribution in [0.4, 0.5) is 15.9 Å². The minimum Gasteiger partial charge on any atom is -0.364 e. The van der Waals surface area contributed by atoms with E-state index in [4.69, 9.17) is 5.73 Å². The molecule has 0 bridgehead atoms. The molecule has 0 aliphatic rings. The molecule has 19 heavy (non-hydrogen) atoms. The Labute approximate surface area is 110 Å². The number of nitrogens with two attached hydrogens (primary N) is 1. The van der Waals surface area contributed by atoms with Crippen molar-refractivity contribution in [1.29, 1.82) is 0 Å². The smallest absolute Gasteiger partial charge is 0.269 e. The number of rotatable bonds is 3. The highest BCUT2D eigenvalue weighted by molar-refractivity contribution is 5.94. The van der Waals surface area contributed by atoms with Crippen LogP contribution in [0.3, 0.4) is 0 Å². The molecule has 100 valence electrons. The highest BCUT2D eigenvalue weighted by atomic mass is 19.1. The van der Waals surface area contributed by atoms with Crippen molar-refractivity contribution in [3.05, 3.63) is 41.3 Å². The van der Waals surface area contributed by atoms with Crippen molar-refractivity contribution < 1.29 is 9.18 Å². The number of aromatic nitrogens is 2. The average Bonchev–Trinajstić information content (AvgIpc) is 2.65. The molecule has 5 nitrogen and oxygen atoms in total. The molecule has 0 aliphatic heterocycles. The number of carbonyl (C=O) groups is 1. The predicted molar refractivity (Wildman–Crippen MR) is 70.9 cm³/mol. The molecule has 0 unspecified atom stereocenters. The minimum atomic E-state index is -0.563. The SMILES string of the molecule is Cc1c(C(N)=O)nn(C)c1N(C)c1ccc(F)cc1. The van der Waals surface area contributed by atoms with Crippen LogP contribution in [0.25, 0.3) is 0 Å². The summed E-state index contributed by atoms with van der Waals surface area (Å²) in [6.45, 7) is 1.78. The first kappa shape index (κ1) is 13.1. The van der Waals surface area contributed by atoms with Crippen LogP contribution in [-0.2, 0) is 7.05 Å². The van der Waals surface area contributed by atoms with E-state index in [1.54, 1.807) is 30.8 Å². The number of halogens is 1. The van der Waals surface area contributed by atoms with Gasteiger partial charge in [0.05, 0.1) is 0 Å². The Balaban J connectivity index is 2.47. The van der Waals surface area contributed by atoms with Crippen molar-refractivity contribution in [3.63, 3.8) is 0 Å². The van der Waals surface area contributed by atoms with Crippen LogP contribution in [0.2, 0.25) is 0 Å². The van der Waals surface area contributed by atoms with Gasteiger partial charge in [0.25, 0.3) is 5.91 Å². The molecule has 0 aliphatic carbocycles. The lowest BCUT2D eigenvalue weighted by atomic mass is 10.2. The fraction of sp³-hybridized carbons (Fsp3) is 0.231. The van der Waals surface area contributed by atoms with Crippen LogP contribution in [0, 0.1) is 12.7 Å². The third-order valence-corrected chi connectivity index (χ3v) is 3.01. The lowest BCUT2D eigenvalue weighted by Crippen LogP contribution is -2.14. The van der Waals surface area contributed by atoms with Gasteiger partial charge in [-0.1, -0.05) is 0 Å². The summed E-state index contributed by atoms with van der Waals surface area (Å²) in [5, 5.41) is 4.10. The van der Waals surface area contributed by atoms with Gasteiger partial charge in [-0.25, -0.2) is 4.39 Å². The Morgan fingerprint density at radius 3 is 2.42 bits per heavy atom. The zero-order chi connectivity index (χ0) is 14.2. The number of amides is 1. The van der Waals surface area contributed by atoms with Crippen LogP contribution >= 0.6 is 0 Å². The van der Waals surface area contributed by atoms with E-state index in [0.29, 0.717) is 5.56 Å². The van der Waals surface area contributed by atoms with Gasteiger partial charge in [-0.15, -0.1) is 0 Å². The average molecular weight is 262 g/mol. The van der Waals surface area contributed by atoms with Crippen LogP contribution in [-0.4, -0.2) is 22.7 Å². The first-order chi connectivity index (χ1) is 8.91. The molecule has 0 saturated carbocycles. The number of carbonyl (C=O) groups excluding carboxylic acids is 1. The van der Waals surface area contributed by atoms with Crippen LogP contribution in [0.1, 0.15) is 16.1 Å². The van der Waals surface area contributed by atoms with E-state index in [1.807, 2.05) is 11.9 Å². The molecule has 0 radical (unpaired) electrons. The Kier molecular flexibility index (Phi) is 3.25. The molecular formula is C13H15FN4O. The summed E-state index contributed by atoms with van der Waals surface area (Å²) in [4.78, 5) is 13.1. The van der Waals surface area contributed by atoms with Crippen molar-refractivity contribution in [2.75, 3.05) is 11.9 Å². The van der Waals surface area contributed by atoms with E-state index in [-0.39, 0.29) is 11.5 Å². The summed E-state index contributed by atoms with van der Waals surface area (Å²) in [5.74, 6) is -0.121. The quantitative estimate of drug-likeness (QED) is 0.916. The molecular weight excluding hydrogens is 247 g/mol. The standard InChI is InChI=1S/C13H15FN4O/c1-8-11(12(15)19)16-18(3)13(8)17(2)10-6-4-9(14)5-7-10/h4-7H,1-3H3,(H2,15,19). The summed E-state index contributed by atoms with van der Waals surface area (Å²) in [6.07, 6.45) is 0. The highest BCUT2D eigenvalue weighted by Gasteiger charge is 2.19. The van der Waals surface area contributed by atoms with E-state index in [0.717, 1.165) is 11.5 Å². The topological polar surface area (TPSA) is 64.2 Å². The maximum absolute atomic E-state index is 12.9. The molecule has 1 amide bonds. The molecule has 6 heteroatoms. The molecule has 1 aromatic heterocycles. The fourth-order valence-corrected chi connectivity index (χ4v) is 2.11. The van der Waals surface area contributed by atoms with Crippen LogP contribution in [0.15, 0.2) is 24.3 Å². The summed E-state index contributed by atoms with van der Waals surface area (Å²) < 4.78 is 14.5. The molecule has 1 aromatic carbocycles. The predicted octanol–water partition coefficient (Wildman–Crippen LogP) is 1.73. The number of nitrogens with zero attached hydrogens (tertiary/aromatic N) is 3. The van der Waals surface area contributed by atoms with Crippen LogP contribution in [0.5, 0.6) is 0 Å². The van der Waals surface area contributed by atoms with E-state index >= 15 is 0 Å². The largest absolute Gasteiger partial charge is 0.364 e. The van der Waals surface area contributed by atoms with E-state index in [1.165, 1.54) is 12.1 Å². The van der Waals surface area contributed by atoms with Gasteiger partial charge in [-0.3, -0.25) is 9.48 Å². The van der Waals surface area contributed by atoms with Crippen molar-refractivity contribution >= 4 is 17.4 Å². The monoisotopic (exact) mass is 262 g/mol. The maximum Gasteiger partial charge on any atom is 0.269 e. The van der Waals surface area contributed by atoms with Gasteiger partial charge in [0.15, 0.2) is 5.69 Å². The Hall–Kier alpha value is -2.37. The maximum atomic E-state index is 12.9.